The molecule has 5 heteroatoms. The molecular weight excluding hydrogens is 176 g/mol. The summed E-state index contributed by atoms with van der Waals surface area (Å²) in [6.45, 7) is 3.22. The van der Waals surface area contributed by atoms with Gasteiger partial charge in [0.1, 0.15) is 0 Å². The zero-order valence-electron chi connectivity index (χ0n) is 7.34. The molecule has 0 aromatic rings. The Kier molecular flexibility index (Phi) is 3.49. The molecule has 2 N–H and O–H groups in total. The van der Waals surface area contributed by atoms with Crippen molar-refractivity contribution >= 4 is 10.0 Å². The van der Waals surface area contributed by atoms with Crippen LogP contribution < -0.4 is 10.0 Å². The first-order valence-electron chi connectivity index (χ1n) is 4.35. The van der Waals surface area contributed by atoms with Crippen LogP contribution in [0.15, 0.2) is 0 Å². The summed E-state index contributed by atoms with van der Waals surface area (Å²) in [6, 6.07) is 0.161. The number of nitrogens with one attached hydrogen (secondary N) is 2. The van der Waals surface area contributed by atoms with E-state index in [2.05, 4.69) is 10.0 Å². The van der Waals surface area contributed by atoms with Crippen LogP contribution in [0.25, 0.3) is 0 Å². The topological polar surface area (TPSA) is 58.2 Å². The van der Waals surface area contributed by atoms with Crippen molar-refractivity contribution in [3.05, 3.63) is 0 Å². The monoisotopic (exact) mass is 192 g/mol. The van der Waals surface area contributed by atoms with Gasteiger partial charge in [-0.1, -0.05) is 6.92 Å². The first kappa shape index (κ1) is 9.95. The lowest BCUT2D eigenvalue weighted by Gasteiger charge is -2.10. The van der Waals surface area contributed by atoms with Gasteiger partial charge in [-0.05, 0) is 19.4 Å². The molecule has 0 saturated carbocycles. The minimum absolute atomic E-state index is 0.161. The molecule has 1 heterocycles. The largest absolute Gasteiger partial charge is 0.313 e. The van der Waals surface area contributed by atoms with Crippen LogP contribution >= 0.6 is 0 Å². The summed E-state index contributed by atoms with van der Waals surface area (Å²) >= 11 is 0. The van der Waals surface area contributed by atoms with E-state index in [-0.39, 0.29) is 11.8 Å². The molecule has 1 unspecified atom stereocenters. The summed E-state index contributed by atoms with van der Waals surface area (Å²) in [7, 11) is -3.03. The first-order chi connectivity index (χ1) is 5.64. The van der Waals surface area contributed by atoms with Crippen molar-refractivity contribution in [2.45, 2.75) is 25.8 Å². The van der Waals surface area contributed by atoms with Gasteiger partial charge in [-0.15, -0.1) is 0 Å². The summed E-state index contributed by atoms with van der Waals surface area (Å²) in [5.74, 6) is 0.223. The minimum atomic E-state index is -3.03. The molecule has 0 spiro atoms. The maximum Gasteiger partial charge on any atom is 0.213 e. The summed E-state index contributed by atoms with van der Waals surface area (Å²) < 4.78 is 25.0. The molecule has 1 atom stereocenters. The molecule has 0 radical (unpaired) electrons. The fraction of sp³-hybridized carbons (Fsp3) is 1.00. The molecule has 0 aromatic carbocycles. The Morgan fingerprint density at radius 3 is 2.83 bits per heavy atom. The van der Waals surface area contributed by atoms with Gasteiger partial charge in [-0.25, -0.2) is 13.1 Å². The van der Waals surface area contributed by atoms with Gasteiger partial charge in [-0.2, -0.15) is 0 Å². The van der Waals surface area contributed by atoms with Crippen LogP contribution in [0.2, 0.25) is 0 Å². The van der Waals surface area contributed by atoms with Crippen molar-refractivity contribution < 1.29 is 8.42 Å². The van der Waals surface area contributed by atoms with Gasteiger partial charge < -0.3 is 5.32 Å². The minimum Gasteiger partial charge on any atom is -0.313 e. The average Bonchev–Trinajstić information content (AvgIpc) is 2.38. The number of sulfonamides is 1. The lowest BCUT2D eigenvalue weighted by molar-refractivity contribution is 0.566. The summed E-state index contributed by atoms with van der Waals surface area (Å²) in [4.78, 5) is 0. The quantitative estimate of drug-likeness (QED) is 0.641. The number of rotatable bonds is 4. The molecular formula is C7H16N2O2S. The zero-order chi connectivity index (χ0) is 9.03. The van der Waals surface area contributed by atoms with Crippen molar-refractivity contribution in [1.82, 2.24) is 10.0 Å². The van der Waals surface area contributed by atoms with Crippen LogP contribution in [-0.2, 0) is 10.0 Å². The number of hydrogen-bond donors (Lipinski definition) is 2. The number of hydrogen-bond acceptors (Lipinski definition) is 3. The van der Waals surface area contributed by atoms with Crippen LogP contribution in [0.1, 0.15) is 19.8 Å². The molecule has 1 rings (SSSR count). The average molecular weight is 192 g/mol. The summed E-state index contributed by atoms with van der Waals surface area (Å²) in [5, 5.41) is 3.15. The van der Waals surface area contributed by atoms with Crippen molar-refractivity contribution in [3.8, 4) is 0 Å². The van der Waals surface area contributed by atoms with Gasteiger partial charge >= 0.3 is 0 Å². The Labute approximate surface area is 73.8 Å². The van der Waals surface area contributed by atoms with Gasteiger partial charge in [0.15, 0.2) is 0 Å². The second kappa shape index (κ2) is 4.20. The molecule has 1 aliphatic heterocycles. The Morgan fingerprint density at radius 2 is 2.33 bits per heavy atom. The second-order valence-corrected chi connectivity index (χ2v) is 4.92. The summed E-state index contributed by atoms with van der Waals surface area (Å²) in [5.41, 5.74) is 0. The third-order valence-corrected chi connectivity index (χ3v) is 3.52. The molecule has 1 fully saturated rings. The highest BCUT2D eigenvalue weighted by atomic mass is 32.2. The highest BCUT2D eigenvalue weighted by Crippen LogP contribution is 2.06. The van der Waals surface area contributed by atoms with Crippen LogP contribution in [0.5, 0.6) is 0 Å². The SMILES string of the molecule is CCNS(=O)(=O)CC1CCCN1. The van der Waals surface area contributed by atoms with Crippen LogP contribution in [0.4, 0.5) is 0 Å². The van der Waals surface area contributed by atoms with E-state index in [1.807, 2.05) is 0 Å². The standard InChI is InChI=1S/C7H16N2O2S/c1-2-9-12(10,11)6-7-4-3-5-8-7/h7-9H,2-6H2,1H3. The van der Waals surface area contributed by atoms with Crippen LogP contribution in [-0.4, -0.2) is 33.3 Å². The van der Waals surface area contributed by atoms with E-state index >= 15 is 0 Å². The molecule has 0 amide bonds. The summed E-state index contributed by atoms with van der Waals surface area (Å²) in [6.07, 6.45) is 2.07. The van der Waals surface area contributed by atoms with Gasteiger partial charge in [0.25, 0.3) is 0 Å². The Hall–Kier alpha value is -0.130. The maximum absolute atomic E-state index is 11.2. The van der Waals surface area contributed by atoms with Crippen molar-refractivity contribution in [1.29, 1.82) is 0 Å². The molecule has 4 nitrogen and oxygen atoms in total. The van der Waals surface area contributed by atoms with Gasteiger partial charge in [0.2, 0.25) is 10.0 Å². The zero-order valence-corrected chi connectivity index (χ0v) is 8.15. The second-order valence-electron chi connectivity index (χ2n) is 3.07. The van der Waals surface area contributed by atoms with Gasteiger partial charge in [0.05, 0.1) is 5.75 Å². The van der Waals surface area contributed by atoms with Crippen LogP contribution in [0.3, 0.4) is 0 Å². The van der Waals surface area contributed by atoms with E-state index in [0.29, 0.717) is 6.54 Å². The van der Waals surface area contributed by atoms with E-state index in [0.717, 1.165) is 19.4 Å². The molecule has 1 saturated heterocycles. The lowest BCUT2D eigenvalue weighted by Crippen LogP contribution is -2.36. The third-order valence-electron chi connectivity index (χ3n) is 1.95. The molecule has 1 aliphatic rings. The van der Waals surface area contributed by atoms with Gasteiger partial charge in [0, 0.05) is 12.6 Å². The molecule has 12 heavy (non-hydrogen) atoms. The first-order valence-corrected chi connectivity index (χ1v) is 6.00. The third kappa shape index (κ3) is 3.08. The fourth-order valence-electron chi connectivity index (χ4n) is 1.44. The smallest absolute Gasteiger partial charge is 0.213 e. The van der Waals surface area contributed by atoms with Crippen molar-refractivity contribution in [2.24, 2.45) is 0 Å². The fourth-order valence-corrected chi connectivity index (χ4v) is 2.81. The van der Waals surface area contributed by atoms with E-state index in [1.54, 1.807) is 6.92 Å². The van der Waals surface area contributed by atoms with Crippen molar-refractivity contribution in [2.75, 3.05) is 18.8 Å². The highest BCUT2D eigenvalue weighted by molar-refractivity contribution is 7.89. The Morgan fingerprint density at radius 1 is 1.58 bits per heavy atom. The van der Waals surface area contributed by atoms with Gasteiger partial charge in [-0.3, -0.25) is 0 Å². The lowest BCUT2D eigenvalue weighted by atomic mass is 10.3. The molecule has 0 bridgehead atoms. The Bertz CT molecular complexity index is 220. The Balaban J connectivity index is 2.38. The molecule has 0 aliphatic carbocycles. The molecule has 72 valence electrons. The van der Waals surface area contributed by atoms with E-state index < -0.39 is 10.0 Å². The van der Waals surface area contributed by atoms with Crippen LogP contribution in [0, 0.1) is 0 Å². The molecule has 0 aromatic heterocycles. The predicted molar refractivity (Wildman–Crippen MR) is 48.5 cm³/mol. The van der Waals surface area contributed by atoms with Crippen molar-refractivity contribution in [3.63, 3.8) is 0 Å². The highest BCUT2D eigenvalue weighted by Gasteiger charge is 2.20. The normalized spacial score (nSPS) is 24.6. The van der Waals surface area contributed by atoms with E-state index in [9.17, 15) is 8.42 Å². The maximum atomic E-state index is 11.2. The van der Waals surface area contributed by atoms with E-state index in [4.69, 9.17) is 0 Å². The predicted octanol–water partition coefficient (Wildman–Crippen LogP) is -0.322. The van der Waals surface area contributed by atoms with E-state index in [1.165, 1.54) is 0 Å².